The van der Waals surface area contributed by atoms with Crippen molar-refractivity contribution >= 4 is 29.0 Å². The molecule has 1 heterocycles. The van der Waals surface area contributed by atoms with Gasteiger partial charge >= 0.3 is 0 Å². The minimum atomic E-state index is -0.296. The van der Waals surface area contributed by atoms with Gasteiger partial charge in [-0.3, -0.25) is 14.5 Å². The Morgan fingerprint density at radius 3 is 2.65 bits per heavy atom. The Labute approximate surface area is 158 Å². The van der Waals surface area contributed by atoms with Crippen LogP contribution in [0.2, 0.25) is 0 Å². The highest BCUT2D eigenvalue weighted by Gasteiger charge is 2.34. The summed E-state index contributed by atoms with van der Waals surface area (Å²) in [6.45, 7) is 7.04. The first kappa shape index (κ1) is 20.3. The van der Waals surface area contributed by atoms with E-state index in [1.54, 1.807) is 6.08 Å². The number of imide groups is 1. The third kappa shape index (κ3) is 5.02. The lowest BCUT2D eigenvalue weighted by molar-refractivity contribution is -0.123. The van der Waals surface area contributed by atoms with E-state index in [-0.39, 0.29) is 23.8 Å². The normalized spacial score (nSPS) is 17.1. The fourth-order valence-corrected chi connectivity index (χ4v) is 3.17. The van der Waals surface area contributed by atoms with Gasteiger partial charge in [-0.25, -0.2) is 0 Å². The van der Waals surface area contributed by atoms with Gasteiger partial charge in [0.25, 0.3) is 11.1 Å². The number of nitrogens with zero attached hydrogens (tertiary/aromatic N) is 1. The van der Waals surface area contributed by atoms with Crippen molar-refractivity contribution in [1.29, 1.82) is 0 Å². The van der Waals surface area contributed by atoms with Crippen LogP contribution < -0.4 is 9.47 Å². The van der Waals surface area contributed by atoms with Gasteiger partial charge in [0.15, 0.2) is 11.5 Å². The van der Waals surface area contributed by atoms with Gasteiger partial charge in [-0.2, -0.15) is 0 Å². The van der Waals surface area contributed by atoms with Crippen molar-refractivity contribution < 1.29 is 23.8 Å². The maximum Gasteiger partial charge on any atom is 0.293 e. The zero-order chi connectivity index (χ0) is 19.1. The van der Waals surface area contributed by atoms with E-state index in [0.717, 1.165) is 23.7 Å². The van der Waals surface area contributed by atoms with Crippen LogP contribution >= 0.6 is 11.8 Å². The van der Waals surface area contributed by atoms with Gasteiger partial charge in [0.1, 0.15) is 0 Å². The molecule has 0 aliphatic carbocycles. The van der Waals surface area contributed by atoms with Gasteiger partial charge in [-0.1, -0.05) is 13.0 Å². The number of carbonyl (C=O) groups is 2. The Morgan fingerprint density at radius 1 is 1.23 bits per heavy atom. The van der Waals surface area contributed by atoms with Crippen LogP contribution in [-0.2, 0) is 9.53 Å². The molecule has 1 aliphatic rings. The molecule has 1 aromatic carbocycles. The van der Waals surface area contributed by atoms with Crippen LogP contribution in [0.1, 0.15) is 32.8 Å². The second kappa shape index (κ2) is 9.64. The van der Waals surface area contributed by atoms with Crippen molar-refractivity contribution in [3.63, 3.8) is 0 Å². The van der Waals surface area contributed by atoms with Crippen molar-refractivity contribution in [2.75, 3.05) is 26.9 Å². The molecule has 6 nitrogen and oxygen atoms in total. The minimum Gasteiger partial charge on any atom is -0.490 e. The third-order valence-electron chi connectivity index (χ3n) is 3.86. The number of methoxy groups -OCH3 is 1. The van der Waals surface area contributed by atoms with Crippen molar-refractivity contribution in [2.24, 2.45) is 0 Å². The van der Waals surface area contributed by atoms with Crippen LogP contribution in [0.3, 0.4) is 0 Å². The van der Waals surface area contributed by atoms with Crippen LogP contribution in [0.25, 0.3) is 6.08 Å². The summed E-state index contributed by atoms with van der Waals surface area (Å²) in [5.41, 5.74) is 0.780. The van der Waals surface area contributed by atoms with E-state index in [9.17, 15) is 9.59 Å². The Bertz CT molecular complexity index is 689. The van der Waals surface area contributed by atoms with Gasteiger partial charge in [0, 0.05) is 7.11 Å². The van der Waals surface area contributed by atoms with Crippen molar-refractivity contribution in [2.45, 2.75) is 33.3 Å². The van der Waals surface area contributed by atoms with E-state index in [0.29, 0.717) is 29.6 Å². The quantitative estimate of drug-likeness (QED) is 0.606. The first-order valence-corrected chi connectivity index (χ1v) is 9.49. The number of rotatable bonds is 9. The highest BCUT2D eigenvalue weighted by atomic mass is 32.2. The van der Waals surface area contributed by atoms with Gasteiger partial charge in [-0.05, 0) is 55.8 Å². The average Bonchev–Trinajstić information content (AvgIpc) is 2.88. The Hall–Kier alpha value is -1.99. The summed E-state index contributed by atoms with van der Waals surface area (Å²) in [6.07, 6.45) is 2.67. The predicted molar refractivity (Wildman–Crippen MR) is 103 cm³/mol. The Balaban J connectivity index is 2.23. The molecule has 2 rings (SSSR count). The molecule has 1 aromatic rings. The number of benzene rings is 1. The van der Waals surface area contributed by atoms with E-state index >= 15 is 0 Å². The topological polar surface area (TPSA) is 65.1 Å². The maximum atomic E-state index is 12.4. The lowest BCUT2D eigenvalue weighted by Crippen LogP contribution is -2.31. The summed E-state index contributed by atoms with van der Waals surface area (Å²) in [5, 5.41) is -0.278. The number of amides is 2. The summed E-state index contributed by atoms with van der Waals surface area (Å²) in [6, 6.07) is 5.51. The highest BCUT2D eigenvalue weighted by molar-refractivity contribution is 8.18. The molecule has 142 valence electrons. The van der Waals surface area contributed by atoms with Gasteiger partial charge in [0.2, 0.25) is 0 Å². The van der Waals surface area contributed by atoms with E-state index in [2.05, 4.69) is 6.92 Å². The summed E-state index contributed by atoms with van der Waals surface area (Å²) in [4.78, 5) is 26.0. The van der Waals surface area contributed by atoms with Gasteiger partial charge < -0.3 is 14.2 Å². The highest BCUT2D eigenvalue weighted by Crippen LogP contribution is 2.35. The first-order chi connectivity index (χ1) is 12.5. The Morgan fingerprint density at radius 2 is 2.00 bits per heavy atom. The number of ether oxygens (including phenoxy) is 3. The molecule has 1 atom stereocenters. The van der Waals surface area contributed by atoms with Crippen LogP contribution in [0.15, 0.2) is 23.1 Å². The van der Waals surface area contributed by atoms with E-state index in [1.807, 2.05) is 32.0 Å². The number of hydrogen-bond acceptors (Lipinski definition) is 6. The number of carbonyl (C=O) groups excluding carboxylic acids is 2. The lowest BCUT2D eigenvalue weighted by atomic mass is 10.1. The SMILES string of the molecule is CCOc1cc(/C=C2/SC(=O)N(CCOC)C2=O)ccc1O[C@H](C)CC. The Kier molecular flexibility index (Phi) is 7.53. The molecule has 0 spiro atoms. The first-order valence-electron chi connectivity index (χ1n) is 8.67. The zero-order valence-corrected chi connectivity index (χ0v) is 16.4. The average molecular weight is 379 g/mol. The van der Waals surface area contributed by atoms with Crippen molar-refractivity contribution in [1.82, 2.24) is 4.90 Å². The molecule has 0 N–H and O–H groups in total. The lowest BCUT2D eigenvalue weighted by Gasteiger charge is -2.16. The monoisotopic (exact) mass is 379 g/mol. The molecular formula is C19H25NO5S. The summed E-state index contributed by atoms with van der Waals surface area (Å²) < 4.78 is 16.5. The third-order valence-corrected chi connectivity index (χ3v) is 4.77. The summed E-state index contributed by atoms with van der Waals surface area (Å²) >= 11 is 0.936. The number of hydrogen-bond donors (Lipinski definition) is 0. The molecule has 0 bridgehead atoms. The summed E-state index contributed by atoms with van der Waals surface area (Å²) in [7, 11) is 1.53. The van der Waals surface area contributed by atoms with Gasteiger partial charge in [-0.15, -0.1) is 0 Å². The van der Waals surface area contributed by atoms with E-state index in [4.69, 9.17) is 14.2 Å². The minimum absolute atomic E-state index is 0.0809. The summed E-state index contributed by atoms with van der Waals surface area (Å²) in [5.74, 6) is 1.00. The number of thioether (sulfide) groups is 1. The molecule has 2 amide bonds. The molecule has 0 radical (unpaired) electrons. The fraction of sp³-hybridized carbons (Fsp3) is 0.474. The maximum absolute atomic E-state index is 12.4. The second-order valence-electron chi connectivity index (χ2n) is 5.80. The predicted octanol–water partition coefficient (Wildman–Crippen LogP) is 3.95. The molecule has 1 saturated heterocycles. The smallest absolute Gasteiger partial charge is 0.293 e. The van der Waals surface area contributed by atoms with Crippen LogP contribution in [0, 0.1) is 0 Å². The van der Waals surface area contributed by atoms with Crippen LogP contribution in [0.4, 0.5) is 4.79 Å². The van der Waals surface area contributed by atoms with E-state index < -0.39 is 0 Å². The van der Waals surface area contributed by atoms with Crippen molar-refractivity contribution in [3.8, 4) is 11.5 Å². The fourth-order valence-electron chi connectivity index (χ4n) is 2.31. The standard InChI is InChI=1S/C19H25NO5S/c1-5-13(3)25-15-8-7-14(11-16(15)24-6-2)12-17-18(21)20(9-10-23-4)19(22)26-17/h7-8,11-13H,5-6,9-10H2,1-4H3/b17-12+/t13-/m1/s1. The van der Waals surface area contributed by atoms with Crippen molar-refractivity contribution in [3.05, 3.63) is 28.7 Å². The van der Waals surface area contributed by atoms with Crippen LogP contribution in [-0.4, -0.2) is 49.0 Å². The van der Waals surface area contributed by atoms with E-state index in [1.165, 1.54) is 12.0 Å². The van der Waals surface area contributed by atoms with Gasteiger partial charge in [0.05, 0.1) is 30.8 Å². The molecular weight excluding hydrogens is 354 g/mol. The molecule has 26 heavy (non-hydrogen) atoms. The molecule has 0 saturated carbocycles. The second-order valence-corrected chi connectivity index (χ2v) is 6.80. The largest absolute Gasteiger partial charge is 0.490 e. The molecule has 7 heteroatoms. The molecule has 1 fully saturated rings. The molecule has 0 unspecified atom stereocenters. The zero-order valence-electron chi connectivity index (χ0n) is 15.6. The van der Waals surface area contributed by atoms with Crippen LogP contribution in [0.5, 0.6) is 11.5 Å². The molecule has 0 aromatic heterocycles. The molecule has 1 aliphatic heterocycles.